The number of aromatic nitrogens is 4. The van der Waals surface area contributed by atoms with Gasteiger partial charge in [-0.05, 0) is 19.3 Å². The molecule has 2 N–H and O–H groups in total. The summed E-state index contributed by atoms with van der Waals surface area (Å²) in [6.45, 7) is 1.27. The zero-order chi connectivity index (χ0) is 13.6. The van der Waals surface area contributed by atoms with E-state index in [1.54, 1.807) is 11.3 Å². The predicted molar refractivity (Wildman–Crippen MR) is 75.8 cm³/mol. The average molecular weight is 293 g/mol. The minimum Gasteiger partial charge on any atom is -0.379 e. The molecule has 1 aliphatic carbocycles. The van der Waals surface area contributed by atoms with E-state index in [2.05, 4.69) is 10.2 Å². The number of ether oxygens (including phenoxy) is 1. The molecule has 0 radical (unpaired) electrons. The summed E-state index contributed by atoms with van der Waals surface area (Å²) in [4.78, 5) is 0.859. The van der Waals surface area contributed by atoms with Gasteiger partial charge < -0.3 is 10.5 Å². The molecule has 0 bridgehead atoms. The first kappa shape index (κ1) is 12.7. The smallest absolute Gasteiger partial charge is 0.234 e. The molecule has 2 fully saturated rings. The van der Waals surface area contributed by atoms with Crippen molar-refractivity contribution in [3.8, 4) is 0 Å². The summed E-state index contributed by atoms with van der Waals surface area (Å²) in [5.74, 6) is 1.52. The first-order valence-electron chi connectivity index (χ1n) is 7.35. The second kappa shape index (κ2) is 4.75. The van der Waals surface area contributed by atoms with Gasteiger partial charge in [0.1, 0.15) is 5.01 Å². The van der Waals surface area contributed by atoms with Gasteiger partial charge in [0, 0.05) is 12.5 Å². The Kier molecular flexibility index (Phi) is 3.01. The molecule has 2 aromatic rings. The van der Waals surface area contributed by atoms with Gasteiger partial charge in [-0.25, -0.2) is 0 Å². The van der Waals surface area contributed by atoms with Crippen molar-refractivity contribution >= 4 is 16.3 Å². The fourth-order valence-electron chi connectivity index (χ4n) is 3.20. The first-order chi connectivity index (χ1) is 9.76. The molecule has 1 aliphatic heterocycles. The van der Waals surface area contributed by atoms with Crippen LogP contribution in [0, 0.1) is 0 Å². The van der Waals surface area contributed by atoms with Gasteiger partial charge in [0.2, 0.25) is 4.96 Å². The molecule has 2 aliphatic rings. The van der Waals surface area contributed by atoms with Crippen LogP contribution in [0.1, 0.15) is 55.3 Å². The molecule has 20 heavy (non-hydrogen) atoms. The van der Waals surface area contributed by atoms with Crippen LogP contribution < -0.4 is 5.73 Å². The van der Waals surface area contributed by atoms with E-state index in [1.807, 2.05) is 4.52 Å². The number of nitrogens with two attached hydrogens (primary N) is 1. The predicted octanol–water partition coefficient (Wildman–Crippen LogP) is 1.81. The highest BCUT2D eigenvalue weighted by Gasteiger charge is 2.37. The molecule has 1 saturated carbocycles. The molecular weight excluding hydrogens is 274 g/mol. The normalized spacial score (nSPS) is 28.4. The Morgan fingerprint density at radius 3 is 2.85 bits per heavy atom. The van der Waals surface area contributed by atoms with E-state index in [-0.39, 0.29) is 0 Å². The van der Waals surface area contributed by atoms with Crippen LogP contribution in [0.25, 0.3) is 4.96 Å². The number of rotatable bonds is 2. The molecule has 1 atom stereocenters. The van der Waals surface area contributed by atoms with E-state index in [4.69, 9.17) is 15.6 Å². The SMILES string of the molecule is NC1(c2nn3c(C4CCCCC4)nnc3s2)CCOC1. The Hall–Kier alpha value is -1.05. The van der Waals surface area contributed by atoms with Gasteiger partial charge in [-0.1, -0.05) is 30.6 Å². The van der Waals surface area contributed by atoms with Crippen molar-refractivity contribution in [3.05, 3.63) is 10.8 Å². The molecule has 2 aromatic heterocycles. The highest BCUT2D eigenvalue weighted by atomic mass is 32.1. The van der Waals surface area contributed by atoms with Crippen LogP contribution >= 0.6 is 11.3 Å². The molecule has 7 heteroatoms. The van der Waals surface area contributed by atoms with E-state index < -0.39 is 5.54 Å². The quantitative estimate of drug-likeness (QED) is 0.913. The van der Waals surface area contributed by atoms with Crippen LogP contribution in [0.3, 0.4) is 0 Å². The zero-order valence-corrected chi connectivity index (χ0v) is 12.2. The second-order valence-corrected chi connectivity index (χ2v) is 6.91. The minimum absolute atomic E-state index is 0.435. The number of fused-ring (bicyclic) bond motifs is 1. The molecule has 0 spiro atoms. The summed E-state index contributed by atoms with van der Waals surface area (Å²) >= 11 is 1.55. The molecule has 0 amide bonds. The Labute approximate surface area is 121 Å². The maximum Gasteiger partial charge on any atom is 0.234 e. The van der Waals surface area contributed by atoms with Gasteiger partial charge in [0.15, 0.2) is 5.82 Å². The molecule has 1 unspecified atom stereocenters. The topological polar surface area (TPSA) is 78.3 Å². The monoisotopic (exact) mass is 293 g/mol. The summed E-state index contributed by atoms with van der Waals surface area (Å²) in [6, 6.07) is 0. The van der Waals surface area contributed by atoms with Crippen molar-refractivity contribution in [3.63, 3.8) is 0 Å². The summed E-state index contributed by atoms with van der Waals surface area (Å²) in [5, 5.41) is 14.3. The summed E-state index contributed by atoms with van der Waals surface area (Å²) in [5.41, 5.74) is 5.96. The fourth-order valence-corrected chi connectivity index (χ4v) is 4.16. The summed E-state index contributed by atoms with van der Waals surface area (Å²) in [6.07, 6.45) is 7.13. The van der Waals surface area contributed by atoms with E-state index in [9.17, 15) is 0 Å². The van der Waals surface area contributed by atoms with Crippen molar-refractivity contribution in [2.45, 2.75) is 50.0 Å². The second-order valence-electron chi connectivity index (χ2n) is 5.95. The zero-order valence-electron chi connectivity index (χ0n) is 11.4. The number of hydrogen-bond acceptors (Lipinski definition) is 6. The van der Waals surface area contributed by atoms with Gasteiger partial charge in [-0.2, -0.15) is 9.61 Å². The van der Waals surface area contributed by atoms with Crippen molar-refractivity contribution < 1.29 is 4.74 Å². The fraction of sp³-hybridized carbons (Fsp3) is 0.769. The van der Waals surface area contributed by atoms with Crippen molar-refractivity contribution in [1.82, 2.24) is 19.8 Å². The van der Waals surface area contributed by atoms with E-state index in [0.717, 1.165) is 22.2 Å². The van der Waals surface area contributed by atoms with Gasteiger partial charge in [0.05, 0.1) is 12.1 Å². The Morgan fingerprint density at radius 1 is 1.25 bits per heavy atom. The lowest BCUT2D eigenvalue weighted by Crippen LogP contribution is -2.37. The number of nitrogens with zero attached hydrogens (tertiary/aromatic N) is 4. The van der Waals surface area contributed by atoms with Gasteiger partial charge in [0.25, 0.3) is 0 Å². The van der Waals surface area contributed by atoms with Crippen molar-refractivity contribution in [1.29, 1.82) is 0 Å². The lowest BCUT2D eigenvalue weighted by molar-refractivity contribution is 0.178. The first-order valence-corrected chi connectivity index (χ1v) is 8.17. The molecule has 108 valence electrons. The molecular formula is C13H19N5OS. The van der Waals surface area contributed by atoms with E-state index >= 15 is 0 Å². The summed E-state index contributed by atoms with van der Waals surface area (Å²) < 4.78 is 7.35. The third-order valence-electron chi connectivity index (χ3n) is 4.46. The van der Waals surface area contributed by atoms with Gasteiger partial charge >= 0.3 is 0 Å². The van der Waals surface area contributed by atoms with Gasteiger partial charge in [-0.3, -0.25) is 0 Å². The van der Waals surface area contributed by atoms with Crippen LogP contribution in [-0.4, -0.2) is 33.0 Å². The molecule has 3 heterocycles. The van der Waals surface area contributed by atoms with Crippen LogP contribution in [-0.2, 0) is 10.3 Å². The molecule has 1 saturated heterocycles. The average Bonchev–Trinajstić information content (AvgIpc) is 3.14. The van der Waals surface area contributed by atoms with Crippen LogP contribution in [0.4, 0.5) is 0 Å². The standard InChI is InChI=1S/C13H19N5OS/c14-13(6-7-19-8-13)11-17-18-10(15-16-12(18)20-11)9-4-2-1-3-5-9/h9H,1-8,14H2. The van der Waals surface area contributed by atoms with Crippen LogP contribution in [0.5, 0.6) is 0 Å². The third kappa shape index (κ3) is 1.96. The van der Waals surface area contributed by atoms with Crippen molar-refractivity contribution in [2.24, 2.45) is 5.73 Å². The van der Waals surface area contributed by atoms with Crippen LogP contribution in [0.15, 0.2) is 0 Å². The molecule has 6 nitrogen and oxygen atoms in total. The van der Waals surface area contributed by atoms with Crippen LogP contribution in [0.2, 0.25) is 0 Å². The Bertz CT molecular complexity index is 609. The maximum atomic E-state index is 6.39. The molecule has 4 rings (SSSR count). The van der Waals surface area contributed by atoms with E-state index in [0.29, 0.717) is 19.1 Å². The largest absolute Gasteiger partial charge is 0.379 e. The highest BCUT2D eigenvalue weighted by molar-refractivity contribution is 7.16. The number of hydrogen-bond donors (Lipinski definition) is 1. The van der Waals surface area contributed by atoms with Crippen molar-refractivity contribution in [2.75, 3.05) is 13.2 Å². The Balaban J connectivity index is 1.71. The van der Waals surface area contributed by atoms with Gasteiger partial charge in [-0.15, -0.1) is 10.2 Å². The van der Waals surface area contributed by atoms with E-state index in [1.165, 1.54) is 32.1 Å². The lowest BCUT2D eigenvalue weighted by atomic mass is 9.89. The molecule has 0 aromatic carbocycles. The lowest BCUT2D eigenvalue weighted by Gasteiger charge is -2.19. The Morgan fingerprint density at radius 2 is 2.10 bits per heavy atom. The maximum absolute atomic E-state index is 6.39. The minimum atomic E-state index is -0.435. The third-order valence-corrected chi connectivity index (χ3v) is 5.58. The highest BCUT2D eigenvalue weighted by Crippen LogP contribution is 2.35. The summed E-state index contributed by atoms with van der Waals surface area (Å²) in [7, 11) is 0.